The minimum absolute atomic E-state index is 0.0855. The maximum atomic E-state index is 12.4. The van der Waals surface area contributed by atoms with Gasteiger partial charge in [-0.2, -0.15) is 13.2 Å². The van der Waals surface area contributed by atoms with Gasteiger partial charge >= 0.3 is 6.18 Å². The van der Waals surface area contributed by atoms with E-state index in [0.29, 0.717) is 12.2 Å². The lowest BCUT2D eigenvalue weighted by Crippen LogP contribution is -2.35. The molecular weight excluding hydrogens is 257 g/mol. The molecule has 0 bridgehead atoms. The number of pyridine rings is 1. The third-order valence-corrected chi connectivity index (χ3v) is 2.36. The minimum atomic E-state index is -4.37. The van der Waals surface area contributed by atoms with Crippen molar-refractivity contribution < 1.29 is 17.9 Å². The molecule has 1 aromatic rings. The smallest absolute Gasteiger partial charge is 0.425 e. The average Bonchev–Trinajstić information content (AvgIpc) is 2.25. The Kier molecular flexibility index (Phi) is 4.79. The Balaban J connectivity index is 2.67. The van der Waals surface area contributed by atoms with Crippen molar-refractivity contribution in [2.75, 3.05) is 0 Å². The van der Waals surface area contributed by atoms with Crippen molar-refractivity contribution in [1.29, 1.82) is 0 Å². The molecule has 0 spiro atoms. The van der Waals surface area contributed by atoms with Gasteiger partial charge in [0.2, 0.25) is 0 Å². The van der Waals surface area contributed by atoms with Gasteiger partial charge in [0.05, 0.1) is 5.69 Å². The summed E-state index contributed by atoms with van der Waals surface area (Å²) in [4.78, 5) is 4.09. The maximum absolute atomic E-state index is 12.4. The van der Waals surface area contributed by atoms with E-state index in [4.69, 9.17) is 4.74 Å². The lowest BCUT2D eigenvalue weighted by Gasteiger charge is -2.21. The number of halogens is 3. The van der Waals surface area contributed by atoms with Gasteiger partial charge in [0.15, 0.2) is 6.10 Å². The van der Waals surface area contributed by atoms with Crippen LogP contribution in [-0.4, -0.2) is 22.8 Å². The topological polar surface area (TPSA) is 34.1 Å². The SMILES string of the molecule is CC(Oc1ccnc(CNC(C)(C)C)c1)C(F)(F)F. The van der Waals surface area contributed by atoms with Gasteiger partial charge in [0.25, 0.3) is 0 Å². The largest absolute Gasteiger partial charge is 0.481 e. The van der Waals surface area contributed by atoms with Crippen molar-refractivity contribution in [2.24, 2.45) is 0 Å². The summed E-state index contributed by atoms with van der Waals surface area (Å²) in [7, 11) is 0. The lowest BCUT2D eigenvalue weighted by molar-refractivity contribution is -0.189. The second kappa shape index (κ2) is 5.77. The third-order valence-electron chi connectivity index (χ3n) is 2.36. The third kappa shape index (κ3) is 5.92. The molecule has 0 saturated carbocycles. The summed E-state index contributed by atoms with van der Waals surface area (Å²) in [5.41, 5.74) is 0.555. The molecule has 108 valence electrons. The predicted octanol–water partition coefficient (Wildman–Crippen LogP) is 3.30. The number of hydrogen-bond donors (Lipinski definition) is 1. The number of nitrogens with one attached hydrogen (secondary N) is 1. The van der Waals surface area contributed by atoms with Crippen molar-refractivity contribution in [1.82, 2.24) is 10.3 Å². The van der Waals surface area contributed by atoms with Crippen LogP contribution in [0.3, 0.4) is 0 Å². The number of aromatic nitrogens is 1. The molecule has 1 aromatic heterocycles. The molecule has 1 rings (SSSR count). The number of rotatable bonds is 4. The van der Waals surface area contributed by atoms with Gasteiger partial charge in [-0.25, -0.2) is 0 Å². The van der Waals surface area contributed by atoms with Crippen LogP contribution in [-0.2, 0) is 6.54 Å². The van der Waals surface area contributed by atoms with Crippen LogP contribution in [0.4, 0.5) is 13.2 Å². The van der Waals surface area contributed by atoms with Gasteiger partial charge in [-0.15, -0.1) is 0 Å². The summed E-state index contributed by atoms with van der Waals surface area (Å²) in [6.45, 7) is 7.45. The van der Waals surface area contributed by atoms with Gasteiger partial charge in [-0.05, 0) is 33.8 Å². The van der Waals surface area contributed by atoms with Crippen LogP contribution in [0.2, 0.25) is 0 Å². The number of nitrogens with zero attached hydrogens (tertiary/aromatic N) is 1. The van der Waals surface area contributed by atoms with E-state index in [-0.39, 0.29) is 11.3 Å². The van der Waals surface area contributed by atoms with Gasteiger partial charge in [-0.1, -0.05) is 0 Å². The Morgan fingerprint density at radius 2 is 1.95 bits per heavy atom. The second-order valence-corrected chi connectivity index (χ2v) is 5.39. The van der Waals surface area contributed by atoms with Crippen molar-refractivity contribution in [3.63, 3.8) is 0 Å². The molecule has 0 saturated heterocycles. The molecule has 1 atom stereocenters. The molecule has 3 nitrogen and oxygen atoms in total. The van der Waals surface area contributed by atoms with Gasteiger partial charge in [0.1, 0.15) is 5.75 Å². The van der Waals surface area contributed by atoms with E-state index in [2.05, 4.69) is 10.3 Å². The average molecular weight is 276 g/mol. The van der Waals surface area contributed by atoms with Crippen molar-refractivity contribution in [3.05, 3.63) is 24.0 Å². The van der Waals surface area contributed by atoms with Crippen LogP contribution >= 0.6 is 0 Å². The first-order valence-electron chi connectivity index (χ1n) is 6.01. The molecule has 1 N–H and O–H groups in total. The Morgan fingerprint density at radius 1 is 1.32 bits per heavy atom. The summed E-state index contributed by atoms with van der Waals surface area (Å²) >= 11 is 0. The molecule has 1 heterocycles. The monoisotopic (exact) mass is 276 g/mol. The molecule has 0 aromatic carbocycles. The summed E-state index contributed by atoms with van der Waals surface area (Å²) in [5, 5.41) is 3.21. The highest BCUT2D eigenvalue weighted by Gasteiger charge is 2.38. The zero-order valence-corrected chi connectivity index (χ0v) is 11.5. The minimum Gasteiger partial charge on any atom is -0.481 e. The summed E-state index contributed by atoms with van der Waals surface area (Å²) in [6, 6.07) is 2.93. The molecule has 0 radical (unpaired) electrons. The lowest BCUT2D eigenvalue weighted by atomic mass is 10.1. The molecule has 6 heteroatoms. The summed E-state index contributed by atoms with van der Waals surface area (Å²) < 4.78 is 42.0. The molecule has 0 aliphatic rings. The first kappa shape index (κ1) is 15.8. The molecule has 0 aliphatic heterocycles. The number of alkyl halides is 3. The van der Waals surface area contributed by atoms with Gasteiger partial charge in [0, 0.05) is 24.3 Å². The van der Waals surface area contributed by atoms with E-state index >= 15 is 0 Å². The summed E-state index contributed by atoms with van der Waals surface area (Å²) in [5.74, 6) is 0.172. The van der Waals surface area contributed by atoms with Crippen molar-refractivity contribution in [2.45, 2.75) is 52.1 Å². The Morgan fingerprint density at radius 3 is 2.47 bits per heavy atom. The predicted molar refractivity (Wildman–Crippen MR) is 67.0 cm³/mol. The zero-order valence-electron chi connectivity index (χ0n) is 11.5. The van der Waals surface area contributed by atoms with E-state index in [9.17, 15) is 13.2 Å². The van der Waals surface area contributed by atoms with E-state index in [1.54, 1.807) is 0 Å². The quantitative estimate of drug-likeness (QED) is 0.916. The zero-order chi connectivity index (χ0) is 14.7. The fourth-order valence-corrected chi connectivity index (χ4v) is 1.25. The van der Waals surface area contributed by atoms with Crippen LogP contribution in [0.25, 0.3) is 0 Å². The molecule has 0 amide bonds. The van der Waals surface area contributed by atoms with E-state index in [0.717, 1.165) is 6.92 Å². The Bertz CT molecular complexity index is 413. The highest BCUT2D eigenvalue weighted by molar-refractivity contribution is 5.23. The first-order valence-corrected chi connectivity index (χ1v) is 6.01. The Labute approximate surface area is 111 Å². The fourth-order valence-electron chi connectivity index (χ4n) is 1.25. The van der Waals surface area contributed by atoms with Crippen LogP contribution in [0.15, 0.2) is 18.3 Å². The molecule has 0 aliphatic carbocycles. The highest BCUT2D eigenvalue weighted by atomic mass is 19.4. The number of ether oxygens (including phenoxy) is 1. The first-order chi connectivity index (χ1) is 8.58. The van der Waals surface area contributed by atoms with E-state index in [1.165, 1.54) is 18.3 Å². The van der Waals surface area contributed by atoms with Crippen LogP contribution in [0, 0.1) is 0 Å². The van der Waals surface area contributed by atoms with Gasteiger partial charge in [-0.3, -0.25) is 4.98 Å². The van der Waals surface area contributed by atoms with Crippen LogP contribution in [0.5, 0.6) is 5.75 Å². The number of hydrogen-bond acceptors (Lipinski definition) is 3. The highest BCUT2D eigenvalue weighted by Crippen LogP contribution is 2.24. The van der Waals surface area contributed by atoms with Crippen molar-refractivity contribution >= 4 is 0 Å². The standard InChI is InChI=1S/C13H19F3N2O/c1-9(13(14,15)16)19-11-5-6-17-10(7-11)8-18-12(2,3)4/h5-7,9,18H,8H2,1-4H3. The Hall–Kier alpha value is -1.30. The molecule has 1 unspecified atom stereocenters. The molecule has 19 heavy (non-hydrogen) atoms. The summed E-state index contributed by atoms with van der Waals surface area (Å²) in [6.07, 6.45) is -4.76. The molecular formula is C13H19F3N2O. The van der Waals surface area contributed by atoms with Gasteiger partial charge < -0.3 is 10.1 Å². The normalized spacial score (nSPS) is 14.3. The van der Waals surface area contributed by atoms with Crippen LogP contribution < -0.4 is 10.1 Å². The maximum Gasteiger partial charge on any atom is 0.425 e. The van der Waals surface area contributed by atoms with Crippen molar-refractivity contribution in [3.8, 4) is 5.75 Å². The van der Waals surface area contributed by atoms with E-state index < -0.39 is 12.3 Å². The second-order valence-electron chi connectivity index (χ2n) is 5.39. The van der Waals surface area contributed by atoms with Crippen LogP contribution in [0.1, 0.15) is 33.4 Å². The molecule has 0 fully saturated rings. The fraction of sp³-hybridized carbons (Fsp3) is 0.615. The van der Waals surface area contributed by atoms with E-state index in [1.807, 2.05) is 20.8 Å².